The number of esters is 1. The van der Waals surface area contributed by atoms with Crippen molar-refractivity contribution in [3.63, 3.8) is 0 Å². The van der Waals surface area contributed by atoms with Crippen molar-refractivity contribution in [1.29, 1.82) is 0 Å². The molecule has 0 aromatic carbocycles. The first-order valence-corrected chi connectivity index (χ1v) is 8.39. The molecule has 0 unspecified atom stereocenters. The number of aryl methyl sites for hydroxylation is 2. The van der Waals surface area contributed by atoms with Crippen molar-refractivity contribution in [1.82, 2.24) is 5.16 Å². The third kappa shape index (κ3) is 3.14. The summed E-state index contributed by atoms with van der Waals surface area (Å²) in [5.74, 6) is -0.232. The fourth-order valence-electron chi connectivity index (χ4n) is 2.79. The van der Waals surface area contributed by atoms with E-state index in [9.17, 15) is 9.59 Å². The molecule has 0 saturated heterocycles. The van der Waals surface area contributed by atoms with Gasteiger partial charge in [0.05, 0.1) is 12.7 Å². The second kappa shape index (κ2) is 6.54. The number of aromatic nitrogens is 1. The van der Waals surface area contributed by atoms with Gasteiger partial charge in [-0.3, -0.25) is 4.79 Å². The number of anilines is 1. The number of nitrogens with zero attached hydrogens (tertiary/aromatic N) is 1. The first-order valence-electron chi connectivity index (χ1n) is 7.57. The molecule has 1 N–H and O–H groups in total. The molecule has 1 amide bonds. The highest BCUT2D eigenvalue weighted by molar-refractivity contribution is 7.17. The van der Waals surface area contributed by atoms with Gasteiger partial charge in [0, 0.05) is 10.9 Å². The van der Waals surface area contributed by atoms with Crippen molar-refractivity contribution in [3.8, 4) is 0 Å². The van der Waals surface area contributed by atoms with Crippen molar-refractivity contribution in [2.75, 3.05) is 12.4 Å². The summed E-state index contributed by atoms with van der Waals surface area (Å²) in [6.45, 7) is 1.72. The second-order valence-electron chi connectivity index (χ2n) is 5.54. The van der Waals surface area contributed by atoms with E-state index in [1.807, 2.05) is 0 Å². The van der Waals surface area contributed by atoms with E-state index in [2.05, 4.69) is 10.5 Å². The Balaban J connectivity index is 1.94. The fourth-order valence-corrected chi connectivity index (χ4v) is 4.06. The van der Waals surface area contributed by atoms with Crippen LogP contribution in [0.1, 0.15) is 56.3 Å². The molecule has 2 aromatic heterocycles. The minimum atomic E-state index is -0.406. The average Bonchev–Trinajstić information content (AvgIpc) is 3.03. The molecular weight excluding hydrogens is 316 g/mol. The molecule has 0 radical (unpaired) electrons. The van der Waals surface area contributed by atoms with Gasteiger partial charge in [-0.15, -0.1) is 11.3 Å². The highest BCUT2D eigenvalue weighted by Gasteiger charge is 2.27. The largest absolute Gasteiger partial charge is 0.465 e. The predicted octanol–water partition coefficient (Wildman–Crippen LogP) is 3.35. The molecule has 122 valence electrons. The van der Waals surface area contributed by atoms with Gasteiger partial charge in [0.25, 0.3) is 5.91 Å². The molecule has 0 spiro atoms. The number of fused-ring (bicyclic) bond motifs is 1. The predicted molar refractivity (Wildman–Crippen MR) is 86.1 cm³/mol. The number of nitrogens with one attached hydrogen (secondary N) is 1. The maximum absolute atomic E-state index is 12.3. The van der Waals surface area contributed by atoms with E-state index in [1.54, 1.807) is 13.0 Å². The van der Waals surface area contributed by atoms with Crippen LogP contribution in [0, 0.1) is 6.92 Å². The zero-order chi connectivity index (χ0) is 16.4. The number of amides is 1. The van der Waals surface area contributed by atoms with Crippen LogP contribution in [-0.2, 0) is 17.6 Å². The minimum Gasteiger partial charge on any atom is -0.465 e. The lowest BCUT2D eigenvalue weighted by atomic mass is 10.1. The summed E-state index contributed by atoms with van der Waals surface area (Å²) in [5, 5.41) is 7.03. The zero-order valence-corrected chi connectivity index (χ0v) is 13.9. The average molecular weight is 334 g/mol. The standard InChI is InChI=1S/C16H18N2O4S/c1-9-8-11(18-22-9)14(19)17-15-13(16(20)21-2)10-6-4-3-5-7-12(10)23-15/h8H,3-7H2,1-2H3,(H,17,19). The Kier molecular flexibility index (Phi) is 4.47. The van der Waals surface area contributed by atoms with E-state index >= 15 is 0 Å². The molecule has 6 nitrogen and oxygen atoms in total. The van der Waals surface area contributed by atoms with Crippen LogP contribution >= 0.6 is 11.3 Å². The lowest BCUT2D eigenvalue weighted by Crippen LogP contribution is -2.15. The van der Waals surface area contributed by atoms with Gasteiger partial charge in [0.2, 0.25) is 0 Å². The number of methoxy groups -OCH3 is 1. The third-order valence-corrected chi connectivity index (χ3v) is 5.11. The van der Waals surface area contributed by atoms with E-state index in [1.165, 1.54) is 18.4 Å². The Bertz CT molecular complexity index is 747. The van der Waals surface area contributed by atoms with E-state index in [0.29, 0.717) is 16.3 Å². The number of carbonyl (C=O) groups excluding carboxylic acids is 2. The van der Waals surface area contributed by atoms with Gasteiger partial charge in [-0.1, -0.05) is 11.6 Å². The molecule has 3 rings (SSSR count). The summed E-state index contributed by atoms with van der Waals surface area (Å²) in [7, 11) is 1.36. The van der Waals surface area contributed by atoms with E-state index in [0.717, 1.165) is 42.5 Å². The maximum Gasteiger partial charge on any atom is 0.341 e. The van der Waals surface area contributed by atoms with E-state index in [-0.39, 0.29) is 11.6 Å². The van der Waals surface area contributed by atoms with Crippen LogP contribution in [0.3, 0.4) is 0 Å². The Morgan fingerprint density at radius 3 is 2.78 bits per heavy atom. The second-order valence-corrected chi connectivity index (χ2v) is 6.64. The maximum atomic E-state index is 12.3. The van der Waals surface area contributed by atoms with Gasteiger partial charge in [0.1, 0.15) is 10.8 Å². The first-order chi connectivity index (χ1) is 11.1. The number of ether oxygens (including phenoxy) is 1. The molecule has 0 aliphatic heterocycles. The molecule has 1 aliphatic carbocycles. The SMILES string of the molecule is COC(=O)c1c(NC(=O)c2cc(C)on2)sc2c1CCCCC2. The molecule has 1 aliphatic rings. The topological polar surface area (TPSA) is 81.4 Å². The lowest BCUT2D eigenvalue weighted by molar-refractivity contribution is 0.0601. The Morgan fingerprint density at radius 2 is 2.09 bits per heavy atom. The molecular formula is C16H18N2O4S. The lowest BCUT2D eigenvalue weighted by Gasteiger charge is -2.06. The third-order valence-electron chi connectivity index (χ3n) is 3.90. The van der Waals surface area contributed by atoms with Crippen molar-refractivity contribution in [3.05, 3.63) is 33.5 Å². The number of rotatable bonds is 3. The molecule has 23 heavy (non-hydrogen) atoms. The van der Waals surface area contributed by atoms with Gasteiger partial charge in [-0.25, -0.2) is 4.79 Å². The van der Waals surface area contributed by atoms with Crippen molar-refractivity contribution < 1.29 is 18.8 Å². The highest BCUT2D eigenvalue weighted by atomic mass is 32.1. The number of hydrogen-bond acceptors (Lipinski definition) is 6. The summed E-state index contributed by atoms with van der Waals surface area (Å²) >= 11 is 1.46. The van der Waals surface area contributed by atoms with Gasteiger partial charge in [-0.2, -0.15) is 0 Å². The molecule has 0 bridgehead atoms. The Labute approximate surface area is 137 Å². The smallest absolute Gasteiger partial charge is 0.341 e. The van der Waals surface area contributed by atoms with Crippen LogP contribution in [0.5, 0.6) is 0 Å². The van der Waals surface area contributed by atoms with E-state index < -0.39 is 5.97 Å². The first kappa shape index (κ1) is 15.7. The Hall–Kier alpha value is -2.15. The molecule has 2 heterocycles. The van der Waals surface area contributed by atoms with Gasteiger partial charge >= 0.3 is 5.97 Å². The van der Waals surface area contributed by atoms with Crippen molar-refractivity contribution >= 4 is 28.2 Å². The molecule has 0 fully saturated rings. The summed E-state index contributed by atoms with van der Waals surface area (Å²) in [5.41, 5.74) is 1.70. The molecule has 2 aromatic rings. The van der Waals surface area contributed by atoms with Crippen LogP contribution in [0.2, 0.25) is 0 Å². The molecule has 0 atom stereocenters. The summed E-state index contributed by atoms with van der Waals surface area (Å²) in [6.07, 6.45) is 5.08. The number of thiophene rings is 1. The van der Waals surface area contributed by atoms with Crippen molar-refractivity contribution in [2.24, 2.45) is 0 Å². The summed E-state index contributed by atoms with van der Waals surface area (Å²) in [4.78, 5) is 25.7. The summed E-state index contributed by atoms with van der Waals surface area (Å²) in [6, 6.07) is 1.56. The van der Waals surface area contributed by atoms with E-state index in [4.69, 9.17) is 9.26 Å². The van der Waals surface area contributed by atoms with Crippen LogP contribution in [0.4, 0.5) is 5.00 Å². The van der Waals surface area contributed by atoms with Crippen molar-refractivity contribution in [2.45, 2.75) is 39.0 Å². The number of carbonyl (C=O) groups is 2. The van der Waals surface area contributed by atoms with Crippen LogP contribution in [-0.4, -0.2) is 24.1 Å². The highest BCUT2D eigenvalue weighted by Crippen LogP contribution is 2.38. The summed E-state index contributed by atoms with van der Waals surface area (Å²) < 4.78 is 9.84. The van der Waals surface area contributed by atoms with Gasteiger partial charge < -0.3 is 14.6 Å². The zero-order valence-electron chi connectivity index (χ0n) is 13.1. The Morgan fingerprint density at radius 1 is 1.30 bits per heavy atom. The normalized spacial score (nSPS) is 14.0. The molecule has 0 saturated carbocycles. The quantitative estimate of drug-likeness (QED) is 0.687. The number of hydrogen-bond donors (Lipinski definition) is 1. The van der Waals surface area contributed by atoms with Gasteiger partial charge in [0.15, 0.2) is 5.69 Å². The van der Waals surface area contributed by atoms with Gasteiger partial charge in [-0.05, 0) is 38.2 Å². The monoisotopic (exact) mass is 334 g/mol. The van der Waals surface area contributed by atoms with Crippen LogP contribution in [0.25, 0.3) is 0 Å². The van der Waals surface area contributed by atoms with Crippen LogP contribution < -0.4 is 5.32 Å². The fraction of sp³-hybridized carbons (Fsp3) is 0.438. The van der Waals surface area contributed by atoms with Crippen LogP contribution in [0.15, 0.2) is 10.6 Å². The minimum absolute atomic E-state index is 0.196. The molecule has 7 heteroatoms.